The molecule has 0 saturated carbocycles. The van der Waals surface area contributed by atoms with E-state index in [1.54, 1.807) is 31.2 Å². The maximum Gasteiger partial charge on any atom is 0.269 e. The van der Waals surface area contributed by atoms with Gasteiger partial charge < -0.3 is 4.42 Å². The van der Waals surface area contributed by atoms with Gasteiger partial charge in [0.15, 0.2) is 0 Å². The van der Waals surface area contributed by atoms with E-state index in [2.05, 4.69) is 10.5 Å². The van der Waals surface area contributed by atoms with E-state index in [0.29, 0.717) is 15.6 Å². The molecule has 3 aromatic carbocycles. The van der Waals surface area contributed by atoms with Crippen molar-refractivity contribution in [1.29, 1.82) is 0 Å². The minimum Gasteiger partial charge on any atom is -0.455 e. The average Bonchev–Trinajstić information content (AvgIpc) is 3.37. The van der Waals surface area contributed by atoms with E-state index < -0.39 is 33.2 Å². The van der Waals surface area contributed by atoms with Crippen molar-refractivity contribution >= 4 is 33.5 Å². The number of carbonyl (C=O) groups is 1. The summed E-state index contributed by atoms with van der Waals surface area (Å²) in [5.74, 6) is -0.948. The van der Waals surface area contributed by atoms with Crippen LogP contribution in [0.3, 0.4) is 0 Å². The molecule has 12 heteroatoms. The highest BCUT2D eigenvalue weighted by molar-refractivity contribution is 7.92. The molecule has 0 bridgehead atoms. The van der Waals surface area contributed by atoms with Crippen molar-refractivity contribution < 1.29 is 26.9 Å². The van der Waals surface area contributed by atoms with Crippen molar-refractivity contribution in [3.63, 3.8) is 0 Å². The van der Waals surface area contributed by atoms with Gasteiger partial charge in [-0.3, -0.25) is 19.2 Å². The number of non-ortho nitro benzene ring substituents is 1. The number of rotatable bonds is 9. The molecule has 0 atom stereocenters. The Bertz CT molecular complexity index is 1600. The molecule has 1 amide bonds. The van der Waals surface area contributed by atoms with Crippen LogP contribution in [0.25, 0.3) is 11.3 Å². The fraction of sp³-hybridized carbons (Fsp3) is 0.0769. The number of halogens is 1. The molecule has 0 aliphatic rings. The summed E-state index contributed by atoms with van der Waals surface area (Å²) in [5.41, 5.74) is 3.31. The number of nitrogens with zero attached hydrogens (tertiary/aromatic N) is 3. The van der Waals surface area contributed by atoms with Gasteiger partial charge in [0, 0.05) is 17.7 Å². The first-order chi connectivity index (χ1) is 18.1. The first-order valence-electron chi connectivity index (χ1n) is 11.2. The van der Waals surface area contributed by atoms with Gasteiger partial charge in [0.2, 0.25) is 0 Å². The van der Waals surface area contributed by atoms with Crippen LogP contribution in [-0.4, -0.2) is 32.0 Å². The highest BCUT2D eigenvalue weighted by Gasteiger charge is 2.29. The Labute approximate surface area is 217 Å². The van der Waals surface area contributed by atoms with Crippen LogP contribution in [0, 0.1) is 22.9 Å². The molecule has 0 aliphatic carbocycles. The van der Waals surface area contributed by atoms with E-state index in [9.17, 15) is 27.7 Å². The van der Waals surface area contributed by atoms with Gasteiger partial charge in [0.1, 0.15) is 23.9 Å². The van der Waals surface area contributed by atoms with Gasteiger partial charge in [-0.15, -0.1) is 0 Å². The normalized spacial score (nSPS) is 11.4. The summed E-state index contributed by atoms with van der Waals surface area (Å²) >= 11 is 0. The van der Waals surface area contributed by atoms with Crippen LogP contribution in [0.15, 0.2) is 99.3 Å². The van der Waals surface area contributed by atoms with Crippen molar-refractivity contribution in [2.75, 3.05) is 10.8 Å². The van der Waals surface area contributed by atoms with Crippen molar-refractivity contribution in [2.24, 2.45) is 5.10 Å². The zero-order valence-corrected chi connectivity index (χ0v) is 20.8. The largest absolute Gasteiger partial charge is 0.455 e. The predicted molar refractivity (Wildman–Crippen MR) is 139 cm³/mol. The molecule has 194 valence electrons. The van der Waals surface area contributed by atoms with Crippen LogP contribution in [0.5, 0.6) is 0 Å². The molecular formula is C26H21FN4O6S. The summed E-state index contributed by atoms with van der Waals surface area (Å²) in [6, 6.07) is 20.2. The number of nitro groups is 1. The van der Waals surface area contributed by atoms with Gasteiger partial charge >= 0.3 is 0 Å². The summed E-state index contributed by atoms with van der Waals surface area (Å²) in [4.78, 5) is 22.8. The number of anilines is 1. The molecule has 1 N–H and O–H groups in total. The Morgan fingerprint density at radius 2 is 1.74 bits per heavy atom. The SMILES string of the molecule is Cc1ccc(S(=O)(=O)N(CC(=O)N/N=C/c2ccc(-c3ccc([N+](=O)[O-])cc3)o2)c2ccccc2F)cc1. The third-order valence-electron chi connectivity index (χ3n) is 5.39. The smallest absolute Gasteiger partial charge is 0.269 e. The molecule has 10 nitrogen and oxygen atoms in total. The molecule has 38 heavy (non-hydrogen) atoms. The Morgan fingerprint density at radius 1 is 1.05 bits per heavy atom. The number of furan rings is 1. The lowest BCUT2D eigenvalue weighted by molar-refractivity contribution is -0.384. The van der Waals surface area contributed by atoms with Crippen molar-refractivity contribution in [3.05, 3.63) is 112 Å². The quantitative estimate of drug-likeness (QED) is 0.188. The molecule has 0 unspecified atom stereocenters. The van der Waals surface area contributed by atoms with E-state index in [4.69, 9.17) is 4.42 Å². The second-order valence-electron chi connectivity index (χ2n) is 8.08. The lowest BCUT2D eigenvalue weighted by Crippen LogP contribution is -2.40. The first-order valence-corrected chi connectivity index (χ1v) is 12.6. The first kappa shape index (κ1) is 26.2. The highest BCUT2D eigenvalue weighted by atomic mass is 32.2. The number of amides is 1. The van der Waals surface area contributed by atoms with Crippen LogP contribution in [0.2, 0.25) is 0 Å². The molecule has 1 heterocycles. The number of benzene rings is 3. The van der Waals surface area contributed by atoms with Crippen molar-refractivity contribution in [1.82, 2.24) is 5.43 Å². The zero-order chi connectivity index (χ0) is 27.3. The topological polar surface area (TPSA) is 135 Å². The lowest BCUT2D eigenvalue weighted by Gasteiger charge is -2.24. The Balaban J connectivity index is 1.49. The van der Waals surface area contributed by atoms with Gasteiger partial charge in [0.05, 0.1) is 21.7 Å². The number of hydrogen-bond donors (Lipinski definition) is 1. The number of sulfonamides is 1. The molecule has 4 rings (SSSR count). The molecule has 1 aromatic heterocycles. The maximum absolute atomic E-state index is 14.6. The predicted octanol–water partition coefficient (Wildman–Crippen LogP) is 4.65. The Morgan fingerprint density at radius 3 is 2.39 bits per heavy atom. The fourth-order valence-electron chi connectivity index (χ4n) is 3.45. The molecule has 0 fully saturated rings. The minimum absolute atomic E-state index is 0.0568. The van der Waals surface area contributed by atoms with E-state index in [1.165, 1.54) is 60.8 Å². The maximum atomic E-state index is 14.6. The highest BCUT2D eigenvalue weighted by Crippen LogP contribution is 2.27. The number of nitro benzene ring substituents is 1. The van der Waals surface area contributed by atoms with Gasteiger partial charge in [-0.25, -0.2) is 18.2 Å². The van der Waals surface area contributed by atoms with E-state index >= 15 is 0 Å². The molecule has 0 saturated heterocycles. The number of hydrazone groups is 1. The molecule has 0 aliphatic heterocycles. The average molecular weight is 537 g/mol. The van der Waals surface area contributed by atoms with E-state index in [0.717, 1.165) is 11.6 Å². The summed E-state index contributed by atoms with van der Waals surface area (Å²) in [6.45, 7) is 1.06. The lowest BCUT2D eigenvalue weighted by atomic mass is 10.1. The van der Waals surface area contributed by atoms with Gasteiger partial charge in [0.25, 0.3) is 21.6 Å². The Kier molecular flexibility index (Phi) is 7.63. The van der Waals surface area contributed by atoms with Crippen LogP contribution < -0.4 is 9.73 Å². The number of hydrogen-bond acceptors (Lipinski definition) is 7. The zero-order valence-electron chi connectivity index (χ0n) is 19.9. The summed E-state index contributed by atoms with van der Waals surface area (Å²) in [6.07, 6.45) is 1.20. The van der Waals surface area contributed by atoms with Gasteiger partial charge in [-0.05, 0) is 55.5 Å². The van der Waals surface area contributed by atoms with Gasteiger partial charge in [-0.1, -0.05) is 29.8 Å². The van der Waals surface area contributed by atoms with Crippen LogP contribution >= 0.6 is 0 Å². The summed E-state index contributed by atoms with van der Waals surface area (Å²) in [7, 11) is -4.28. The monoisotopic (exact) mass is 536 g/mol. The van der Waals surface area contributed by atoms with Crippen molar-refractivity contribution in [3.8, 4) is 11.3 Å². The summed E-state index contributed by atoms with van der Waals surface area (Å²) < 4.78 is 47.5. The third kappa shape index (κ3) is 5.93. The van der Waals surface area contributed by atoms with E-state index in [-0.39, 0.29) is 22.0 Å². The number of aryl methyl sites for hydroxylation is 1. The Hall–Kier alpha value is -4.84. The second kappa shape index (κ2) is 11.0. The fourth-order valence-corrected chi connectivity index (χ4v) is 4.88. The second-order valence-corrected chi connectivity index (χ2v) is 9.94. The van der Waals surface area contributed by atoms with Crippen LogP contribution in [0.1, 0.15) is 11.3 Å². The standard InChI is InChI=1S/C26H21FN4O6S/c1-18-6-13-22(14-7-18)38(35,36)30(24-5-3-2-4-23(24)27)17-26(32)29-28-16-21-12-15-25(37-21)19-8-10-20(11-9-19)31(33)34/h2-16H,17H2,1H3,(H,29,32)/b28-16+. The third-order valence-corrected chi connectivity index (χ3v) is 7.16. The van der Waals surface area contributed by atoms with E-state index in [1.807, 2.05) is 0 Å². The van der Waals surface area contributed by atoms with Crippen LogP contribution in [-0.2, 0) is 14.8 Å². The summed E-state index contributed by atoms with van der Waals surface area (Å²) in [5, 5.41) is 14.6. The molecule has 4 aromatic rings. The van der Waals surface area contributed by atoms with Gasteiger partial charge in [-0.2, -0.15) is 5.10 Å². The molecule has 0 spiro atoms. The minimum atomic E-state index is -4.28. The van der Waals surface area contributed by atoms with Crippen molar-refractivity contribution in [2.45, 2.75) is 11.8 Å². The molecule has 0 radical (unpaired) electrons. The molecular weight excluding hydrogens is 515 g/mol. The number of carbonyl (C=O) groups excluding carboxylic acids is 1. The number of para-hydroxylation sites is 1. The van der Waals surface area contributed by atoms with Crippen LogP contribution in [0.4, 0.5) is 15.8 Å². The number of nitrogens with one attached hydrogen (secondary N) is 1.